The third-order valence-electron chi connectivity index (χ3n) is 3.26. The van der Waals surface area contributed by atoms with Crippen LogP contribution in [0.4, 0.5) is 0 Å². The summed E-state index contributed by atoms with van der Waals surface area (Å²) in [6, 6.07) is 4.08. The minimum atomic E-state index is 0.509. The molecule has 4 nitrogen and oxygen atoms in total. The van der Waals surface area contributed by atoms with Gasteiger partial charge in [0.2, 0.25) is 0 Å². The quantitative estimate of drug-likeness (QED) is 0.704. The zero-order valence-corrected chi connectivity index (χ0v) is 12.5. The summed E-state index contributed by atoms with van der Waals surface area (Å²) in [5.74, 6) is 2.34. The van der Waals surface area contributed by atoms with E-state index in [4.69, 9.17) is 15.2 Å². The second kappa shape index (κ2) is 8.02. The van der Waals surface area contributed by atoms with E-state index in [0.29, 0.717) is 12.5 Å². The van der Waals surface area contributed by atoms with Gasteiger partial charge in [-0.15, -0.1) is 0 Å². The summed E-state index contributed by atoms with van der Waals surface area (Å²) < 4.78 is 10.8. The summed E-state index contributed by atoms with van der Waals surface area (Å²) in [6.07, 6.45) is 0.914. The molecule has 1 atom stereocenters. The number of ether oxygens (including phenoxy) is 2. The SMILES string of the molecule is COc1cc(CCNCC(C)CN)c(OC)cc1C. The zero-order chi connectivity index (χ0) is 14.3. The molecule has 0 saturated carbocycles. The van der Waals surface area contributed by atoms with Crippen LogP contribution in [-0.2, 0) is 6.42 Å². The summed E-state index contributed by atoms with van der Waals surface area (Å²) in [5, 5.41) is 3.41. The second-order valence-corrected chi connectivity index (χ2v) is 4.93. The fourth-order valence-corrected chi connectivity index (χ4v) is 1.96. The monoisotopic (exact) mass is 266 g/mol. The molecule has 0 amide bonds. The van der Waals surface area contributed by atoms with Gasteiger partial charge in [0.15, 0.2) is 0 Å². The molecule has 0 spiro atoms. The van der Waals surface area contributed by atoms with Crippen LogP contribution in [0.2, 0.25) is 0 Å². The van der Waals surface area contributed by atoms with Crippen molar-refractivity contribution in [2.24, 2.45) is 11.7 Å². The van der Waals surface area contributed by atoms with Crippen LogP contribution in [-0.4, -0.2) is 33.9 Å². The fraction of sp³-hybridized carbons (Fsp3) is 0.600. The first-order chi connectivity index (χ1) is 9.12. The molecule has 1 aromatic rings. The molecule has 4 heteroatoms. The highest BCUT2D eigenvalue weighted by molar-refractivity contribution is 5.46. The van der Waals surface area contributed by atoms with Crippen LogP contribution in [0.3, 0.4) is 0 Å². The molecule has 0 aliphatic heterocycles. The normalized spacial score (nSPS) is 12.3. The highest BCUT2D eigenvalue weighted by Gasteiger charge is 2.08. The lowest BCUT2D eigenvalue weighted by molar-refractivity contribution is 0.395. The lowest BCUT2D eigenvalue weighted by atomic mass is 10.1. The average Bonchev–Trinajstić information content (AvgIpc) is 2.43. The van der Waals surface area contributed by atoms with Crippen molar-refractivity contribution in [3.63, 3.8) is 0 Å². The Morgan fingerprint density at radius 2 is 1.89 bits per heavy atom. The van der Waals surface area contributed by atoms with E-state index in [0.717, 1.165) is 42.1 Å². The maximum absolute atomic E-state index is 5.59. The number of nitrogens with one attached hydrogen (secondary N) is 1. The molecule has 1 unspecified atom stereocenters. The Kier molecular flexibility index (Phi) is 6.67. The third kappa shape index (κ3) is 4.73. The summed E-state index contributed by atoms with van der Waals surface area (Å²) in [4.78, 5) is 0. The molecule has 0 aliphatic rings. The minimum absolute atomic E-state index is 0.509. The van der Waals surface area contributed by atoms with Crippen LogP contribution in [0.15, 0.2) is 12.1 Å². The van der Waals surface area contributed by atoms with Crippen molar-refractivity contribution >= 4 is 0 Å². The van der Waals surface area contributed by atoms with Gasteiger partial charge < -0.3 is 20.5 Å². The molecular weight excluding hydrogens is 240 g/mol. The molecular formula is C15H26N2O2. The number of methoxy groups -OCH3 is 2. The topological polar surface area (TPSA) is 56.5 Å². The van der Waals surface area contributed by atoms with Crippen LogP contribution >= 0.6 is 0 Å². The van der Waals surface area contributed by atoms with Crippen molar-refractivity contribution in [3.8, 4) is 11.5 Å². The van der Waals surface area contributed by atoms with Gasteiger partial charge in [0.1, 0.15) is 11.5 Å². The predicted octanol–water partition coefficient (Wildman–Crippen LogP) is 1.74. The lowest BCUT2D eigenvalue weighted by Gasteiger charge is -2.14. The van der Waals surface area contributed by atoms with Gasteiger partial charge in [-0.3, -0.25) is 0 Å². The summed E-state index contributed by atoms with van der Waals surface area (Å²) in [7, 11) is 3.40. The Morgan fingerprint density at radius 1 is 1.21 bits per heavy atom. The van der Waals surface area contributed by atoms with E-state index >= 15 is 0 Å². The van der Waals surface area contributed by atoms with Gasteiger partial charge >= 0.3 is 0 Å². The lowest BCUT2D eigenvalue weighted by Crippen LogP contribution is -2.27. The molecule has 0 heterocycles. The molecule has 0 fully saturated rings. The standard InChI is InChI=1S/C15H26N2O2/c1-11(9-16)10-17-6-5-13-8-14(18-3)12(2)7-15(13)19-4/h7-8,11,17H,5-6,9-10,16H2,1-4H3. The molecule has 108 valence electrons. The van der Waals surface area contributed by atoms with Gasteiger partial charge in [0.25, 0.3) is 0 Å². The molecule has 19 heavy (non-hydrogen) atoms. The Labute approximate surface area is 116 Å². The van der Waals surface area contributed by atoms with Crippen molar-refractivity contribution in [1.29, 1.82) is 0 Å². The molecule has 1 aromatic carbocycles. The van der Waals surface area contributed by atoms with Crippen LogP contribution < -0.4 is 20.5 Å². The van der Waals surface area contributed by atoms with Gasteiger partial charge in [-0.05, 0) is 62.2 Å². The second-order valence-electron chi connectivity index (χ2n) is 4.93. The summed E-state index contributed by atoms with van der Waals surface area (Å²) in [6.45, 7) is 6.73. The Balaban J connectivity index is 2.61. The maximum atomic E-state index is 5.59. The Morgan fingerprint density at radius 3 is 2.47 bits per heavy atom. The highest BCUT2D eigenvalue weighted by Crippen LogP contribution is 2.28. The Hall–Kier alpha value is -1.26. The molecule has 0 aliphatic carbocycles. The predicted molar refractivity (Wildman–Crippen MR) is 79.1 cm³/mol. The maximum Gasteiger partial charge on any atom is 0.122 e. The van der Waals surface area contributed by atoms with Gasteiger partial charge in [-0.25, -0.2) is 0 Å². The summed E-state index contributed by atoms with van der Waals surface area (Å²) >= 11 is 0. The van der Waals surface area contributed by atoms with Gasteiger partial charge in [0, 0.05) is 0 Å². The van der Waals surface area contributed by atoms with E-state index in [1.54, 1.807) is 14.2 Å². The largest absolute Gasteiger partial charge is 0.496 e. The Bertz CT molecular complexity index is 394. The number of aryl methyl sites for hydroxylation is 1. The first kappa shape index (κ1) is 15.8. The molecule has 0 aromatic heterocycles. The van der Waals surface area contributed by atoms with Gasteiger partial charge in [-0.2, -0.15) is 0 Å². The van der Waals surface area contributed by atoms with Gasteiger partial charge in [-0.1, -0.05) is 6.92 Å². The highest BCUT2D eigenvalue weighted by atomic mass is 16.5. The average molecular weight is 266 g/mol. The van der Waals surface area contributed by atoms with Crippen LogP contribution in [0, 0.1) is 12.8 Å². The molecule has 0 bridgehead atoms. The van der Waals surface area contributed by atoms with Crippen molar-refractivity contribution in [2.75, 3.05) is 33.9 Å². The van der Waals surface area contributed by atoms with E-state index in [1.807, 2.05) is 13.0 Å². The van der Waals surface area contributed by atoms with Crippen LogP contribution in [0.25, 0.3) is 0 Å². The zero-order valence-electron chi connectivity index (χ0n) is 12.5. The van der Waals surface area contributed by atoms with Crippen molar-refractivity contribution in [2.45, 2.75) is 20.3 Å². The van der Waals surface area contributed by atoms with E-state index in [1.165, 1.54) is 0 Å². The minimum Gasteiger partial charge on any atom is -0.496 e. The van der Waals surface area contributed by atoms with Gasteiger partial charge in [0.05, 0.1) is 14.2 Å². The number of hydrogen-bond donors (Lipinski definition) is 2. The number of hydrogen-bond acceptors (Lipinski definition) is 4. The summed E-state index contributed by atoms with van der Waals surface area (Å²) in [5.41, 5.74) is 7.84. The fourth-order valence-electron chi connectivity index (χ4n) is 1.96. The molecule has 0 radical (unpaired) electrons. The first-order valence-electron chi connectivity index (χ1n) is 6.74. The molecule has 0 saturated heterocycles. The van der Waals surface area contributed by atoms with Crippen molar-refractivity contribution < 1.29 is 9.47 Å². The van der Waals surface area contributed by atoms with Crippen LogP contribution in [0.1, 0.15) is 18.1 Å². The number of benzene rings is 1. The smallest absolute Gasteiger partial charge is 0.122 e. The first-order valence-corrected chi connectivity index (χ1v) is 6.74. The third-order valence-corrected chi connectivity index (χ3v) is 3.26. The van der Waals surface area contributed by atoms with E-state index in [2.05, 4.69) is 18.3 Å². The molecule has 1 rings (SSSR count). The van der Waals surface area contributed by atoms with E-state index in [-0.39, 0.29) is 0 Å². The van der Waals surface area contributed by atoms with Crippen molar-refractivity contribution in [3.05, 3.63) is 23.3 Å². The number of rotatable bonds is 8. The van der Waals surface area contributed by atoms with Crippen molar-refractivity contribution in [1.82, 2.24) is 5.32 Å². The van der Waals surface area contributed by atoms with E-state index < -0.39 is 0 Å². The molecule has 3 N–H and O–H groups in total. The van der Waals surface area contributed by atoms with E-state index in [9.17, 15) is 0 Å². The number of nitrogens with two attached hydrogens (primary N) is 1. The van der Waals surface area contributed by atoms with Crippen LogP contribution in [0.5, 0.6) is 11.5 Å².